The lowest BCUT2D eigenvalue weighted by atomic mass is 10.2. The second kappa shape index (κ2) is 9.44. The van der Waals surface area contributed by atoms with E-state index in [1.54, 1.807) is 25.6 Å². The number of methoxy groups -OCH3 is 1. The molecule has 7 nitrogen and oxygen atoms in total. The molecule has 0 fully saturated rings. The zero-order valence-corrected chi connectivity index (χ0v) is 18.0. The van der Waals surface area contributed by atoms with Crippen LogP contribution in [-0.2, 0) is 4.79 Å². The van der Waals surface area contributed by atoms with Crippen LogP contribution in [0.25, 0.3) is 17.1 Å². The molecule has 2 heterocycles. The van der Waals surface area contributed by atoms with Gasteiger partial charge in [-0.25, -0.2) is 0 Å². The molecule has 0 saturated heterocycles. The minimum absolute atomic E-state index is 0.138. The maximum absolute atomic E-state index is 12.5. The van der Waals surface area contributed by atoms with Crippen LogP contribution in [0.2, 0.25) is 0 Å². The van der Waals surface area contributed by atoms with E-state index in [1.807, 2.05) is 66.1 Å². The number of rotatable bonds is 7. The number of pyridine rings is 1. The highest BCUT2D eigenvalue weighted by molar-refractivity contribution is 7.99. The van der Waals surface area contributed by atoms with Gasteiger partial charge in [-0.3, -0.25) is 14.3 Å². The first-order valence-electron chi connectivity index (χ1n) is 9.64. The Morgan fingerprint density at radius 3 is 2.74 bits per heavy atom. The van der Waals surface area contributed by atoms with Crippen LogP contribution in [0.4, 0.5) is 5.69 Å². The molecule has 156 valence electrons. The van der Waals surface area contributed by atoms with Crippen LogP contribution in [0.3, 0.4) is 0 Å². The summed E-state index contributed by atoms with van der Waals surface area (Å²) in [6.07, 6.45) is 3.47. The number of aryl methyl sites for hydroxylation is 1. The fourth-order valence-corrected chi connectivity index (χ4v) is 3.85. The van der Waals surface area contributed by atoms with Gasteiger partial charge in [0.05, 0.1) is 18.6 Å². The third-order valence-corrected chi connectivity index (χ3v) is 5.52. The van der Waals surface area contributed by atoms with Crippen LogP contribution in [0.1, 0.15) is 5.56 Å². The van der Waals surface area contributed by atoms with Crippen molar-refractivity contribution in [1.29, 1.82) is 0 Å². The Kier molecular flexibility index (Phi) is 6.28. The fraction of sp³-hybridized carbons (Fsp3) is 0.130. The van der Waals surface area contributed by atoms with Gasteiger partial charge < -0.3 is 10.1 Å². The van der Waals surface area contributed by atoms with Crippen LogP contribution in [0.5, 0.6) is 5.75 Å². The average Bonchev–Trinajstić information content (AvgIpc) is 3.22. The van der Waals surface area contributed by atoms with Gasteiger partial charge in [-0.1, -0.05) is 36.0 Å². The van der Waals surface area contributed by atoms with Gasteiger partial charge in [0.2, 0.25) is 5.91 Å². The number of ether oxygens (including phenoxy) is 1. The first-order chi connectivity index (χ1) is 15.2. The lowest BCUT2D eigenvalue weighted by molar-refractivity contribution is -0.113. The van der Waals surface area contributed by atoms with Crippen molar-refractivity contribution in [3.8, 4) is 22.8 Å². The number of benzene rings is 2. The molecular formula is C23H21N5O2S. The second-order valence-corrected chi connectivity index (χ2v) is 7.68. The molecule has 31 heavy (non-hydrogen) atoms. The van der Waals surface area contributed by atoms with Crippen molar-refractivity contribution in [3.63, 3.8) is 0 Å². The monoisotopic (exact) mass is 431 g/mol. The molecule has 0 radical (unpaired) electrons. The minimum Gasteiger partial charge on any atom is -0.497 e. The number of aromatic nitrogens is 4. The number of nitrogens with zero attached hydrogens (tertiary/aromatic N) is 4. The smallest absolute Gasteiger partial charge is 0.234 e. The van der Waals surface area contributed by atoms with Crippen LogP contribution < -0.4 is 10.1 Å². The van der Waals surface area contributed by atoms with Crippen LogP contribution in [-0.4, -0.2) is 38.5 Å². The molecule has 4 aromatic rings. The summed E-state index contributed by atoms with van der Waals surface area (Å²) < 4.78 is 7.17. The Morgan fingerprint density at radius 2 is 1.97 bits per heavy atom. The van der Waals surface area contributed by atoms with Crippen LogP contribution in [0.15, 0.2) is 78.2 Å². The van der Waals surface area contributed by atoms with Crippen molar-refractivity contribution in [2.45, 2.75) is 12.1 Å². The summed E-state index contributed by atoms with van der Waals surface area (Å²) in [5.74, 6) is 1.42. The second-order valence-electron chi connectivity index (χ2n) is 6.74. The van der Waals surface area contributed by atoms with Gasteiger partial charge in [-0.2, -0.15) is 0 Å². The van der Waals surface area contributed by atoms with E-state index in [9.17, 15) is 4.79 Å². The van der Waals surface area contributed by atoms with Gasteiger partial charge in [0.1, 0.15) is 5.75 Å². The molecule has 0 bridgehead atoms. The highest BCUT2D eigenvalue weighted by Gasteiger charge is 2.18. The summed E-state index contributed by atoms with van der Waals surface area (Å²) in [5, 5.41) is 12.3. The van der Waals surface area contributed by atoms with Gasteiger partial charge in [-0.05, 0) is 42.8 Å². The van der Waals surface area contributed by atoms with E-state index in [0.29, 0.717) is 22.4 Å². The number of hydrogen-bond donors (Lipinski definition) is 1. The van der Waals surface area contributed by atoms with E-state index < -0.39 is 0 Å². The van der Waals surface area contributed by atoms with E-state index in [0.717, 1.165) is 16.8 Å². The maximum atomic E-state index is 12.5. The maximum Gasteiger partial charge on any atom is 0.234 e. The molecule has 8 heteroatoms. The summed E-state index contributed by atoms with van der Waals surface area (Å²) in [5.41, 5.74) is 3.57. The van der Waals surface area contributed by atoms with E-state index in [2.05, 4.69) is 20.5 Å². The molecule has 0 unspecified atom stereocenters. The minimum atomic E-state index is -0.138. The zero-order chi connectivity index (χ0) is 21.6. The van der Waals surface area contributed by atoms with Crippen molar-refractivity contribution in [1.82, 2.24) is 19.7 Å². The highest BCUT2D eigenvalue weighted by Crippen LogP contribution is 2.29. The lowest BCUT2D eigenvalue weighted by Gasteiger charge is -2.13. The topological polar surface area (TPSA) is 81.9 Å². The van der Waals surface area contributed by atoms with Crippen LogP contribution in [0, 0.1) is 6.92 Å². The van der Waals surface area contributed by atoms with E-state index in [4.69, 9.17) is 4.74 Å². The molecule has 4 rings (SSSR count). The number of carbonyl (C=O) groups excluding carboxylic acids is 1. The predicted molar refractivity (Wildman–Crippen MR) is 122 cm³/mol. The summed E-state index contributed by atoms with van der Waals surface area (Å²) in [4.78, 5) is 16.7. The summed E-state index contributed by atoms with van der Waals surface area (Å²) in [6, 6.07) is 19.1. The number of thioether (sulfide) groups is 1. The van der Waals surface area contributed by atoms with Gasteiger partial charge >= 0.3 is 0 Å². The molecule has 0 atom stereocenters. The average molecular weight is 432 g/mol. The Morgan fingerprint density at radius 1 is 1.10 bits per heavy atom. The van der Waals surface area contributed by atoms with E-state index in [-0.39, 0.29) is 11.7 Å². The summed E-state index contributed by atoms with van der Waals surface area (Å²) >= 11 is 1.33. The molecular weight excluding hydrogens is 410 g/mol. The molecule has 0 aliphatic carbocycles. The number of carbonyl (C=O) groups is 1. The molecule has 1 N–H and O–H groups in total. The van der Waals surface area contributed by atoms with Crippen molar-refractivity contribution in [3.05, 3.63) is 78.6 Å². The Balaban J connectivity index is 1.59. The zero-order valence-electron chi connectivity index (χ0n) is 17.1. The highest BCUT2D eigenvalue weighted by atomic mass is 32.2. The van der Waals surface area contributed by atoms with Crippen LogP contribution >= 0.6 is 11.8 Å². The Bertz CT molecular complexity index is 1190. The SMILES string of the molecule is COc1cccc(NC(=O)CSc2nnc(-c3cccnc3)n2-c2ccccc2C)c1. The van der Waals surface area contributed by atoms with Gasteiger partial charge in [0.25, 0.3) is 0 Å². The first kappa shape index (κ1) is 20.6. The third kappa shape index (κ3) is 4.75. The quantitative estimate of drug-likeness (QED) is 0.438. The van der Waals surface area contributed by atoms with Gasteiger partial charge in [0, 0.05) is 29.7 Å². The predicted octanol–water partition coefficient (Wildman–Crippen LogP) is 4.38. The van der Waals surface area contributed by atoms with Crippen molar-refractivity contribution in [2.24, 2.45) is 0 Å². The van der Waals surface area contributed by atoms with E-state index in [1.165, 1.54) is 11.8 Å². The Hall–Kier alpha value is -3.65. The third-order valence-electron chi connectivity index (χ3n) is 4.60. The van der Waals surface area contributed by atoms with Crippen molar-refractivity contribution in [2.75, 3.05) is 18.2 Å². The van der Waals surface area contributed by atoms with Gasteiger partial charge in [0.15, 0.2) is 11.0 Å². The Labute approximate surface area is 184 Å². The number of para-hydroxylation sites is 1. The lowest BCUT2D eigenvalue weighted by Crippen LogP contribution is -2.14. The number of anilines is 1. The molecule has 2 aromatic heterocycles. The van der Waals surface area contributed by atoms with Crippen molar-refractivity contribution < 1.29 is 9.53 Å². The first-order valence-corrected chi connectivity index (χ1v) is 10.6. The molecule has 1 amide bonds. The standard InChI is InChI=1S/C23H21N5O2S/c1-16-7-3-4-11-20(16)28-22(17-8-6-12-24-14-17)26-27-23(28)31-15-21(29)25-18-9-5-10-19(13-18)30-2/h3-14H,15H2,1-2H3,(H,25,29). The van der Waals surface area contributed by atoms with E-state index >= 15 is 0 Å². The normalized spacial score (nSPS) is 10.6. The van der Waals surface area contributed by atoms with Crippen molar-refractivity contribution >= 4 is 23.4 Å². The molecule has 0 aliphatic heterocycles. The molecule has 0 saturated carbocycles. The summed E-state index contributed by atoms with van der Waals surface area (Å²) in [6.45, 7) is 2.03. The molecule has 0 aliphatic rings. The number of nitrogens with one attached hydrogen (secondary N) is 1. The number of hydrogen-bond acceptors (Lipinski definition) is 6. The number of amides is 1. The molecule has 2 aromatic carbocycles. The summed E-state index contributed by atoms with van der Waals surface area (Å²) in [7, 11) is 1.59. The van der Waals surface area contributed by atoms with Gasteiger partial charge in [-0.15, -0.1) is 10.2 Å². The molecule has 0 spiro atoms. The largest absolute Gasteiger partial charge is 0.497 e. The fourth-order valence-electron chi connectivity index (χ4n) is 3.10.